The quantitative estimate of drug-likeness (QED) is 0.801. The third-order valence-corrected chi connectivity index (χ3v) is 4.69. The molecule has 100 valence electrons. The van der Waals surface area contributed by atoms with Crippen LogP contribution in [0.25, 0.3) is 0 Å². The van der Waals surface area contributed by atoms with E-state index >= 15 is 0 Å². The minimum atomic E-state index is 0.380. The molecule has 0 aliphatic heterocycles. The van der Waals surface area contributed by atoms with E-state index in [-0.39, 0.29) is 0 Å². The van der Waals surface area contributed by atoms with E-state index < -0.39 is 0 Å². The molecular weight excluding hydrogens is 364 g/mol. The summed E-state index contributed by atoms with van der Waals surface area (Å²) in [5.74, 6) is 0. The van der Waals surface area contributed by atoms with Gasteiger partial charge in [0, 0.05) is 29.9 Å². The number of hydrogen-bond acceptors (Lipinski definition) is 3. The number of nitrogens with two attached hydrogens (primary N) is 1. The number of benzene rings is 1. The highest BCUT2D eigenvalue weighted by Gasteiger charge is 2.11. The first-order chi connectivity index (χ1) is 8.97. The van der Waals surface area contributed by atoms with Crippen molar-refractivity contribution in [3.05, 3.63) is 49.6 Å². The van der Waals surface area contributed by atoms with Crippen molar-refractivity contribution in [1.82, 2.24) is 0 Å². The number of thiophene rings is 1. The summed E-state index contributed by atoms with van der Waals surface area (Å²) in [6.45, 7) is 0.776. The number of rotatable bonds is 4. The summed E-state index contributed by atoms with van der Waals surface area (Å²) < 4.78 is 1.12. The molecular formula is C13H12BrClN2S2. The van der Waals surface area contributed by atoms with E-state index in [0.29, 0.717) is 10.0 Å². The lowest BCUT2D eigenvalue weighted by Gasteiger charge is -2.22. The molecule has 6 heteroatoms. The Morgan fingerprint density at radius 2 is 2.21 bits per heavy atom. The lowest BCUT2D eigenvalue weighted by Crippen LogP contribution is -2.21. The van der Waals surface area contributed by atoms with Gasteiger partial charge < -0.3 is 10.6 Å². The van der Waals surface area contributed by atoms with Crippen LogP contribution >= 0.6 is 51.1 Å². The second-order valence-electron chi connectivity index (χ2n) is 4.14. The Morgan fingerprint density at radius 3 is 2.79 bits per heavy atom. The van der Waals surface area contributed by atoms with E-state index in [1.165, 1.54) is 5.56 Å². The van der Waals surface area contributed by atoms with Crippen molar-refractivity contribution < 1.29 is 0 Å². The third kappa shape index (κ3) is 3.69. The molecule has 2 aromatic rings. The normalized spacial score (nSPS) is 10.5. The fourth-order valence-corrected chi connectivity index (χ4v) is 3.36. The fraction of sp³-hybridized carbons (Fsp3) is 0.154. The van der Waals surface area contributed by atoms with E-state index in [1.54, 1.807) is 17.4 Å². The summed E-state index contributed by atoms with van der Waals surface area (Å²) in [5, 5.41) is 2.79. The van der Waals surface area contributed by atoms with Gasteiger partial charge in [-0.15, -0.1) is 11.3 Å². The molecule has 1 heterocycles. The van der Waals surface area contributed by atoms with Gasteiger partial charge in [0.2, 0.25) is 0 Å². The van der Waals surface area contributed by atoms with Crippen molar-refractivity contribution in [1.29, 1.82) is 0 Å². The zero-order chi connectivity index (χ0) is 14.0. The highest BCUT2D eigenvalue weighted by Crippen LogP contribution is 2.27. The van der Waals surface area contributed by atoms with Crippen LogP contribution in [0.3, 0.4) is 0 Å². The molecule has 0 spiro atoms. The summed E-state index contributed by atoms with van der Waals surface area (Å²) in [4.78, 5) is 2.47. The van der Waals surface area contributed by atoms with Gasteiger partial charge in [-0.05, 0) is 51.1 Å². The van der Waals surface area contributed by atoms with E-state index in [4.69, 9.17) is 29.6 Å². The number of thiocarbonyl (C=S) groups is 1. The van der Waals surface area contributed by atoms with E-state index in [1.807, 2.05) is 19.2 Å². The summed E-state index contributed by atoms with van der Waals surface area (Å²) >= 11 is 16.3. The SMILES string of the molecule is CN(Cc1csc(Br)c1)c1cc(Cl)ccc1C(N)=S. The largest absolute Gasteiger partial charge is 0.389 e. The maximum Gasteiger partial charge on any atom is 0.106 e. The molecule has 0 saturated heterocycles. The van der Waals surface area contributed by atoms with Crippen LogP contribution in [-0.4, -0.2) is 12.0 Å². The summed E-state index contributed by atoms with van der Waals surface area (Å²) in [7, 11) is 2.00. The Bertz CT molecular complexity index is 612. The van der Waals surface area contributed by atoms with Crippen LogP contribution in [0.15, 0.2) is 33.4 Å². The zero-order valence-corrected chi connectivity index (χ0v) is 14.2. The number of hydrogen-bond donors (Lipinski definition) is 1. The Morgan fingerprint density at radius 1 is 1.47 bits per heavy atom. The Kier molecular flexibility index (Phi) is 4.84. The van der Waals surface area contributed by atoms with Crippen molar-refractivity contribution in [2.24, 2.45) is 5.73 Å². The summed E-state index contributed by atoms with van der Waals surface area (Å²) in [6, 6.07) is 7.65. The fourth-order valence-electron chi connectivity index (χ4n) is 1.82. The Hall–Kier alpha value is -0.620. The molecule has 0 atom stereocenters. The van der Waals surface area contributed by atoms with Crippen LogP contribution in [-0.2, 0) is 6.54 Å². The van der Waals surface area contributed by atoms with Gasteiger partial charge in [-0.3, -0.25) is 0 Å². The number of nitrogens with zero attached hydrogens (tertiary/aromatic N) is 1. The number of anilines is 1. The standard InChI is InChI=1S/C13H12BrClN2S2/c1-17(6-8-4-12(14)19-7-8)11-5-9(15)2-3-10(11)13(16)18/h2-5,7H,6H2,1H3,(H2,16,18). The molecule has 2 N–H and O–H groups in total. The van der Waals surface area contributed by atoms with Gasteiger partial charge in [-0.2, -0.15) is 0 Å². The smallest absolute Gasteiger partial charge is 0.106 e. The van der Waals surface area contributed by atoms with Gasteiger partial charge in [0.1, 0.15) is 4.99 Å². The van der Waals surface area contributed by atoms with E-state index in [9.17, 15) is 0 Å². The average Bonchev–Trinajstić information content (AvgIpc) is 2.74. The molecule has 0 radical (unpaired) electrons. The number of halogens is 2. The zero-order valence-electron chi connectivity index (χ0n) is 10.2. The molecule has 0 saturated carbocycles. The molecule has 0 amide bonds. The molecule has 2 rings (SSSR count). The molecule has 1 aromatic carbocycles. The lowest BCUT2D eigenvalue weighted by molar-refractivity contribution is 0.926. The van der Waals surface area contributed by atoms with Crippen molar-refractivity contribution in [2.45, 2.75) is 6.54 Å². The molecule has 0 aliphatic rings. The van der Waals surface area contributed by atoms with Crippen molar-refractivity contribution in [3.63, 3.8) is 0 Å². The minimum Gasteiger partial charge on any atom is -0.389 e. The monoisotopic (exact) mass is 374 g/mol. The van der Waals surface area contributed by atoms with Crippen LogP contribution in [0.5, 0.6) is 0 Å². The van der Waals surface area contributed by atoms with Gasteiger partial charge in [0.05, 0.1) is 3.79 Å². The van der Waals surface area contributed by atoms with E-state index in [2.05, 4.69) is 32.3 Å². The molecule has 19 heavy (non-hydrogen) atoms. The molecule has 0 bridgehead atoms. The summed E-state index contributed by atoms with van der Waals surface area (Å²) in [6.07, 6.45) is 0. The maximum absolute atomic E-state index is 6.06. The van der Waals surface area contributed by atoms with Gasteiger partial charge in [-0.1, -0.05) is 23.8 Å². The molecule has 0 fully saturated rings. The van der Waals surface area contributed by atoms with Crippen LogP contribution < -0.4 is 10.6 Å². The lowest BCUT2D eigenvalue weighted by atomic mass is 10.1. The summed E-state index contributed by atoms with van der Waals surface area (Å²) in [5.41, 5.74) is 8.78. The van der Waals surface area contributed by atoms with Crippen LogP contribution in [0.2, 0.25) is 5.02 Å². The first-order valence-corrected chi connectivity index (χ1v) is 7.96. The van der Waals surface area contributed by atoms with Crippen LogP contribution in [0.4, 0.5) is 5.69 Å². The second-order valence-corrected chi connectivity index (χ2v) is 7.31. The average molecular weight is 376 g/mol. The maximum atomic E-state index is 6.06. The van der Waals surface area contributed by atoms with Gasteiger partial charge in [0.25, 0.3) is 0 Å². The Labute approximate surface area is 135 Å². The highest BCUT2D eigenvalue weighted by atomic mass is 79.9. The van der Waals surface area contributed by atoms with Crippen molar-refractivity contribution in [3.8, 4) is 0 Å². The van der Waals surface area contributed by atoms with Gasteiger partial charge in [0.15, 0.2) is 0 Å². The molecule has 0 aliphatic carbocycles. The van der Waals surface area contributed by atoms with Crippen molar-refractivity contribution in [2.75, 3.05) is 11.9 Å². The van der Waals surface area contributed by atoms with Crippen LogP contribution in [0.1, 0.15) is 11.1 Å². The minimum absolute atomic E-state index is 0.380. The molecule has 2 nitrogen and oxygen atoms in total. The van der Waals surface area contributed by atoms with E-state index in [0.717, 1.165) is 21.6 Å². The van der Waals surface area contributed by atoms with Crippen molar-refractivity contribution >= 4 is 61.8 Å². The first kappa shape index (κ1) is 14.8. The Balaban J connectivity index is 2.29. The van der Waals surface area contributed by atoms with Gasteiger partial charge >= 0.3 is 0 Å². The predicted octanol–water partition coefficient (Wildman–Crippen LogP) is 4.43. The predicted molar refractivity (Wildman–Crippen MR) is 91.5 cm³/mol. The molecule has 0 unspecified atom stereocenters. The second kappa shape index (κ2) is 6.22. The van der Waals surface area contributed by atoms with Gasteiger partial charge in [-0.25, -0.2) is 0 Å². The highest BCUT2D eigenvalue weighted by molar-refractivity contribution is 9.11. The third-order valence-electron chi connectivity index (χ3n) is 2.68. The molecule has 1 aromatic heterocycles. The first-order valence-electron chi connectivity index (χ1n) is 5.51. The topological polar surface area (TPSA) is 29.3 Å². The van der Waals surface area contributed by atoms with Crippen LogP contribution in [0, 0.1) is 0 Å².